The average Bonchev–Trinajstić information content (AvgIpc) is 3.32. The van der Waals surface area contributed by atoms with Crippen molar-refractivity contribution < 1.29 is 9.21 Å². The van der Waals surface area contributed by atoms with Gasteiger partial charge < -0.3 is 20.4 Å². The first-order chi connectivity index (χ1) is 14.8. The molecule has 2 aromatic rings. The summed E-state index contributed by atoms with van der Waals surface area (Å²) in [5, 5.41) is 9.52. The Labute approximate surface area is 202 Å². The first-order valence-electron chi connectivity index (χ1n) is 10.9. The Morgan fingerprint density at radius 2 is 1.77 bits per heavy atom. The summed E-state index contributed by atoms with van der Waals surface area (Å²) in [6, 6.07) is 13.4. The Morgan fingerprint density at radius 3 is 2.45 bits per heavy atom. The highest BCUT2D eigenvalue weighted by Gasteiger charge is 2.24. The molecule has 1 aliphatic rings. The third-order valence-corrected chi connectivity index (χ3v) is 5.21. The summed E-state index contributed by atoms with van der Waals surface area (Å²) in [4.78, 5) is 19.4. The Morgan fingerprint density at radius 1 is 1.03 bits per heavy atom. The van der Waals surface area contributed by atoms with Crippen LogP contribution in [-0.2, 0) is 0 Å². The van der Waals surface area contributed by atoms with E-state index in [9.17, 15) is 4.79 Å². The highest BCUT2D eigenvalue weighted by Crippen LogP contribution is 2.25. The van der Waals surface area contributed by atoms with E-state index in [-0.39, 0.29) is 35.9 Å². The summed E-state index contributed by atoms with van der Waals surface area (Å²) in [6.07, 6.45) is 5.47. The molecule has 1 saturated heterocycles. The van der Waals surface area contributed by atoms with Crippen LogP contribution in [0, 0.1) is 0 Å². The van der Waals surface area contributed by atoms with E-state index in [1.165, 1.54) is 19.3 Å². The number of nitrogens with one attached hydrogen (secondary N) is 3. The van der Waals surface area contributed by atoms with Crippen molar-refractivity contribution in [2.24, 2.45) is 4.99 Å². The van der Waals surface area contributed by atoms with Gasteiger partial charge in [-0.1, -0.05) is 24.6 Å². The van der Waals surface area contributed by atoms with E-state index in [1.807, 2.05) is 49.4 Å². The SMILES string of the molecule is CCNC(=NCC(c1ccco1)N1CCCCC1)NCCNC(=O)c1ccccc1.I. The van der Waals surface area contributed by atoms with Crippen LogP contribution in [0.15, 0.2) is 58.1 Å². The van der Waals surface area contributed by atoms with Crippen LogP contribution in [0.1, 0.15) is 48.3 Å². The van der Waals surface area contributed by atoms with Crippen LogP contribution < -0.4 is 16.0 Å². The van der Waals surface area contributed by atoms with Crippen LogP contribution in [0.2, 0.25) is 0 Å². The van der Waals surface area contributed by atoms with E-state index in [4.69, 9.17) is 9.41 Å². The Bertz CT molecular complexity index is 777. The van der Waals surface area contributed by atoms with Crippen molar-refractivity contribution >= 4 is 35.8 Å². The lowest BCUT2D eigenvalue weighted by atomic mass is 10.1. The maximum atomic E-state index is 12.1. The monoisotopic (exact) mass is 539 g/mol. The third kappa shape index (κ3) is 8.17. The van der Waals surface area contributed by atoms with E-state index in [0.29, 0.717) is 25.2 Å². The topological polar surface area (TPSA) is 81.9 Å². The minimum atomic E-state index is -0.0673. The number of halogens is 1. The van der Waals surface area contributed by atoms with Gasteiger partial charge in [-0.05, 0) is 57.1 Å². The minimum Gasteiger partial charge on any atom is -0.468 e. The van der Waals surface area contributed by atoms with Gasteiger partial charge in [-0.15, -0.1) is 24.0 Å². The Kier molecular flexibility index (Phi) is 11.4. The number of carbonyl (C=O) groups excluding carboxylic acids is 1. The second-order valence-electron chi connectivity index (χ2n) is 7.40. The van der Waals surface area contributed by atoms with Crippen LogP contribution in [-0.4, -0.2) is 56.0 Å². The molecule has 0 radical (unpaired) electrons. The minimum absolute atomic E-state index is 0. The molecule has 8 heteroatoms. The molecule has 2 heterocycles. The fraction of sp³-hybridized carbons (Fsp3) is 0.478. The van der Waals surface area contributed by atoms with Crippen LogP contribution in [0.25, 0.3) is 0 Å². The van der Waals surface area contributed by atoms with Gasteiger partial charge in [0.05, 0.1) is 18.8 Å². The van der Waals surface area contributed by atoms with Crippen molar-refractivity contribution in [2.45, 2.75) is 32.2 Å². The van der Waals surface area contributed by atoms with E-state index in [1.54, 1.807) is 6.26 Å². The van der Waals surface area contributed by atoms with Crippen molar-refractivity contribution in [3.8, 4) is 0 Å². The quantitative estimate of drug-likeness (QED) is 0.197. The Hall–Kier alpha value is -2.07. The molecule has 0 aliphatic carbocycles. The zero-order valence-corrected chi connectivity index (χ0v) is 20.5. The average molecular weight is 539 g/mol. The number of benzene rings is 1. The highest BCUT2D eigenvalue weighted by molar-refractivity contribution is 14.0. The van der Waals surface area contributed by atoms with Crippen LogP contribution in [0.3, 0.4) is 0 Å². The van der Waals surface area contributed by atoms with Gasteiger partial charge in [-0.2, -0.15) is 0 Å². The number of hydrogen-bond acceptors (Lipinski definition) is 4. The molecule has 0 spiro atoms. The zero-order chi connectivity index (χ0) is 21.0. The standard InChI is InChI=1S/C23H33N5O2.HI/c1-2-24-23(26-14-13-25-22(29)19-10-5-3-6-11-19)27-18-20(21-12-9-17-30-21)28-15-7-4-8-16-28;/h3,5-6,9-12,17,20H,2,4,7-8,13-16,18H2,1H3,(H,25,29)(H2,24,26,27);1H. The fourth-order valence-corrected chi connectivity index (χ4v) is 3.66. The van der Waals surface area contributed by atoms with Gasteiger partial charge in [-0.3, -0.25) is 14.7 Å². The van der Waals surface area contributed by atoms with E-state index in [2.05, 4.69) is 20.9 Å². The number of likely N-dealkylation sites (tertiary alicyclic amines) is 1. The van der Waals surface area contributed by atoms with Crippen LogP contribution in [0.5, 0.6) is 0 Å². The molecule has 3 N–H and O–H groups in total. The summed E-state index contributed by atoms with van der Waals surface area (Å²) in [7, 11) is 0. The van der Waals surface area contributed by atoms with Crippen molar-refractivity contribution in [3.05, 3.63) is 60.1 Å². The molecule has 1 aromatic carbocycles. The van der Waals surface area contributed by atoms with E-state index in [0.717, 1.165) is 31.4 Å². The summed E-state index contributed by atoms with van der Waals surface area (Å²) in [5.41, 5.74) is 0.667. The molecule has 3 rings (SSSR count). The van der Waals surface area contributed by atoms with Gasteiger partial charge in [0.2, 0.25) is 0 Å². The first-order valence-corrected chi connectivity index (χ1v) is 10.9. The molecule has 170 valence electrons. The van der Waals surface area contributed by atoms with Crippen molar-refractivity contribution in [1.82, 2.24) is 20.9 Å². The predicted molar refractivity (Wildman–Crippen MR) is 135 cm³/mol. The van der Waals surface area contributed by atoms with Gasteiger partial charge in [0.1, 0.15) is 5.76 Å². The van der Waals surface area contributed by atoms with Crippen LogP contribution in [0.4, 0.5) is 0 Å². The third-order valence-electron chi connectivity index (χ3n) is 5.21. The lowest BCUT2D eigenvalue weighted by Crippen LogP contribution is -2.42. The lowest BCUT2D eigenvalue weighted by Gasteiger charge is -2.32. The number of guanidine groups is 1. The Balaban J connectivity index is 0.00000341. The largest absolute Gasteiger partial charge is 0.468 e. The highest BCUT2D eigenvalue weighted by atomic mass is 127. The lowest BCUT2D eigenvalue weighted by molar-refractivity contribution is 0.0954. The van der Waals surface area contributed by atoms with Crippen molar-refractivity contribution in [2.75, 3.05) is 39.3 Å². The number of aliphatic imine (C=N–C) groups is 1. The van der Waals surface area contributed by atoms with Gasteiger partial charge in [0, 0.05) is 25.2 Å². The second-order valence-corrected chi connectivity index (χ2v) is 7.40. The number of rotatable bonds is 9. The smallest absolute Gasteiger partial charge is 0.251 e. The molecule has 1 aliphatic heterocycles. The number of piperidine rings is 1. The maximum Gasteiger partial charge on any atom is 0.251 e. The van der Waals surface area contributed by atoms with Gasteiger partial charge >= 0.3 is 0 Å². The second kappa shape index (κ2) is 14.1. The van der Waals surface area contributed by atoms with Crippen molar-refractivity contribution in [1.29, 1.82) is 0 Å². The normalized spacial score (nSPS) is 15.6. The summed E-state index contributed by atoms with van der Waals surface area (Å²) in [5.74, 6) is 1.65. The van der Waals surface area contributed by atoms with Gasteiger partial charge in [0.15, 0.2) is 5.96 Å². The molecule has 1 atom stereocenters. The molecule has 31 heavy (non-hydrogen) atoms. The van der Waals surface area contributed by atoms with E-state index >= 15 is 0 Å². The molecule has 0 saturated carbocycles. The number of furan rings is 1. The summed E-state index contributed by atoms with van der Waals surface area (Å²) >= 11 is 0. The molecule has 1 unspecified atom stereocenters. The molecule has 1 aromatic heterocycles. The van der Waals surface area contributed by atoms with Gasteiger partial charge in [-0.25, -0.2) is 0 Å². The first kappa shape index (κ1) is 25.2. The van der Waals surface area contributed by atoms with Crippen molar-refractivity contribution in [3.63, 3.8) is 0 Å². The fourth-order valence-electron chi connectivity index (χ4n) is 3.66. The molecular formula is C23H34IN5O2. The molecule has 1 amide bonds. The molecular weight excluding hydrogens is 505 g/mol. The molecule has 7 nitrogen and oxygen atoms in total. The number of amides is 1. The number of carbonyl (C=O) groups is 1. The van der Waals surface area contributed by atoms with Gasteiger partial charge in [0.25, 0.3) is 5.91 Å². The summed E-state index contributed by atoms with van der Waals surface area (Å²) in [6.45, 7) is 6.72. The maximum absolute atomic E-state index is 12.1. The van der Waals surface area contributed by atoms with Crippen LogP contribution >= 0.6 is 24.0 Å². The number of hydrogen-bond donors (Lipinski definition) is 3. The summed E-state index contributed by atoms with van der Waals surface area (Å²) < 4.78 is 5.71. The van der Waals surface area contributed by atoms with E-state index < -0.39 is 0 Å². The zero-order valence-electron chi connectivity index (χ0n) is 18.2. The molecule has 1 fully saturated rings. The molecule has 0 bridgehead atoms. The predicted octanol–water partition coefficient (Wildman–Crippen LogP) is 3.41. The number of nitrogens with zero attached hydrogens (tertiary/aromatic N) is 2.